The summed E-state index contributed by atoms with van der Waals surface area (Å²) in [5.41, 5.74) is 9.13. The summed E-state index contributed by atoms with van der Waals surface area (Å²) in [4.78, 5) is 0. The summed E-state index contributed by atoms with van der Waals surface area (Å²) < 4.78 is 5.51. The molecule has 1 aliphatic rings. The maximum atomic E-state index is 6.18. The molecule has 0 heterocycles. The Morgan fingerprint density at radius 2 is 1.88 bits per heavy atom. The monoisotopic (exact) mass is 233 g/mol. The van der Waals surface area contributed by atoms with Crippen LogP contribution in [0.4, 0.5) is 0 Å². The number of hydrogen-bond donors (Lipinski definition) is 1. The van der Waals surface area contributed by atoms with Gasteiger partial charge in [-0.1, -0.05) is 26.0 Å². The van der Waals surface area contributed by atoms with Crippen molar-refractivity contribution in [1.29, 1.82) is 0 Å². The summed E-state index contributed by atoms with van der Waals surface area (Å²) in [5.74, 6) is 1.47. The third-order valence-electron chi connectivity index (χ3n) is 4.06. The molecular weight excluding hydrogens is 210 g/mol. The van der Waals surface area contributed by atoms with E-state index >= 15 is 0 Å². The molecule has 0 aliphatic heterocycles. The van der Waals surface area contributed by atoms with Gasteiger partial charge in [-0.3, -0.25) is 0 Å². The number of ether oxygens (including phenoxy) is 1. The van der Waals surface area contributed by atoms with Crippen LogP contribution in [-0.4, -0.2) is 13.2 Å². The van der Waals surface area contributed by atoms with E-state index in [1.165, 1.54) is 24.0 Å². The van der Waals surface area contributed by atoms with Crippen molar-refractivity contribution in [3.05, 3.63) is 29.3 Å². The lowest BCUT2D eigenvalue weighted by Gasteiger charge is -2.26. The van der Waals surface area contributed by atoms with Gasteiger partial charge in [-0.2, -0.15) is 0 Å². The highest BCUT2D eigenvalue weighted by molar-refractivity contribution is 5.49. The first-order chi connectivity index (χ1) is 8.03. The van der Waals surface area contributed by atoms with Crippen LogP contribution in [0, 0.1) is 0 Å². The predicted octanol–water partition coefficient (Wildman–Crippen LogP) is 3.20. The largest absolute Gasteiger partial charge is 0.496 e. The van der Waals surface area contributed by atoms with Gasteiger partial charge in [0.25, 0.3) is 0 Å². The molecule has 0 amide bonds. The van der Waals surface area contributed by atoms with Crippen LogP contribution in [0.1, 0.15) is 50.7 Å². The van der Waals surface area contributed by atoms with Crippen LogP contribution >= 0.6 is 0 Å². The molecule has 0 spiro atoms. The highest BCUT2D eigenvalue weighted by Gasteiger charge is 2.49. The van der Waals surface area contributed by atoms with E-state index in [2.05, 4.69) is 39.0 Å². The topological polar surface area (TPSA) is 35.2 Å². The van der Waals surface area contributed by atoms with Crippen LogP contribution in [0.3, 0.4) is 0 Å². The fourth-order valence-electron chi connectivity index (χ4n) is 2.86. The molecule has 1 fully saturated rings. The van der Waals surface area contributed by atoms with Crippen LogP contribution in [0.25, 0.3) is 0 Å². The van der Waals surface area contributed by atoms with Gasteiger partial charge < -0.3 is 10.5 Å². The molecule has 0 radical (unpaired) electrons. The average Bonchev–Trinajstić information content (AvgIpc) is 3.08. The zero-order chi connectivity index (χ0) is 12.6. The van der Waals surface area contributed by atoms with E-state index in [4.69, 9.17) is 10.5 Å². The Morgan fingerprint density at radius 1 is 1.24 bits per heavy atom. The summed E-state index contributed by atoms with van der Waals surface area (Å²) in [7, 11) is 1.75. The summed E-state index contributed by atoms with van der Waals surface area (Å²) in [6.45, 7) is 6.56. The smallest absolute Gasteiger partial charge is 0.122 e. The summed E-state index contributed by atoms with van der Waals surface area (Å²) in [5, 5.41) is 0. The van der Waals surface area contributed by atoms with E-state index in [-0.39, 0.29) is 11.5 Å². The van der Waals surface area contributed by atoms with Crippen LogP contribution in [0.2, 0.25) is 0 Å². The van der Waals surface area contributed by atoms with Crippen molar-refractivity contribution < 1.29 is 4.74 Å². The standard InChI is InChI=1S/C15H23NO/c1-10(2)14-12(6-5-7-13(14)17-4)15(8-9-15)11(3)16/h5-7,10-11H,8-9,16H2,1-4H3. The molecule has 0 aromatic heterocycles. The van der Waals surface area contributed by atoms with Gasteiger partial charge in [-0.05, 0) is 37.3 Å². The minimum absolute atomic E-state index is 0.203. The molecule has 2 heteroatoms. The quantitative estimate of drug-likeness (QED) is 0.866. The van der Waals surface area contributed by atoms with Gasteiger partial charge in [0.15, 0.2) is 0 Å². The molecule has 1 unspecified atom stereocenters. The molecule has 2 nitrogen and oxygen atoms in total. The Labute approximate surface area is 104 Å². The third-order valence-corrected chi connectivity index (χ3v) is 4.06. The third kappa shape index (κ3) is 1.95. The molecule has 0 bridgehead atoms. The molecule has 1 aromatic carbocycles. The van der Waals surface area contributed by atoms with Gasteiger partial charge in [0, 0.05) is 17.0 Å². The molecular formula is C15H23NO. The van der Waals surface area contributed by atoms with E-state index in [9.17, 15) is 0 Å². The molecule has 1 aliphatic carbocycles. The van der Waals surface area contributed by atoms with Gasteiger partial charge in [-0.25, -0.2) is 0 Å². The van der Waals surface area contributed by atoms with E-state index < -0.39 is 0 Å². The van der Waals surface area contributed by atoms with Crippen molar-refractivity contribution in [3.63, 3.8) is 0 Å². The second-order valence-electron chi connectivity index (χ2n) is 5.52. The number of nitrogens with two attached hydrogens (primary N) is 1. The molecule has 2 rings (SSSR count). The van der Waals surface area contributed by atoms with Gasteiger partial charge in [-0.15, -0.1) is 0 Å². The highest BCUT2D eigenvalue weighted by Crippen LogP contribution is 2.53. The van der Waals surface area contributed by atoms with Crippen molar-refractivity contribution in [2.45, 2.75) is 51.0 Å². The van der Waals surface area contributed by atoms with E-state index in [0.29, 0.717) is 5.92 Å². The van der Waals surface area contributed by atoms with Crippen molar-refractivity contribution >= 4 is 0 Å². The van der Waals surface area contributed by atoms with Crippen molar-refractivity contribution in [1.82, 2.24) is 0 Å². The Hall–Kier alpha value is -1.02. The Bertz CT molecular complexity index is 405. The molecule has 0 saturated heterocycles. The lowest BCUT2D eigenvalue weighted by Crippen LogP contribution is -2.32. The molecule has 17 heavy (non-hydrogen) atoms. The maximum absolute atomic E-state index is 6.18. The lowest BCUT2D eigenvalue weighted by atomic mass is 9.82. The zero-order valence-corrected chi connectivity index (χ0v) is 11.3. The SMILES string of the molecule is COc1cccc(C2(C(C)N)CC2)c1C(C)C. The van der Waals surface area contributed by atoms with E-state index in [0.717, 1.165) is 5.75 Å². The predicted molar refractivity (Wildman–Crippen MR) is 71.6 cm³/mol. The van der Waals surface area contributed by atoms with Crippen LogP contribution in [0.15, 0.2) is 18.2 Å². The normalized spacial score (nSPS) is 19.2. The average molecular weight is 233 g/mol. The minimum Gasteiger partial charge on any atom is -0.496 e. The van der Waals surface area contributed by atoms with Crippen LogP contribution in [0.5, 0.6) is 5.75 Å². The van der Waals surface area contributed by atoms with Gasteiger partial charge >= 0.3 is 0 Å². The van der Waals surface area contributed by atoms with E-state index in [1.807, 2.05) is 0 Å². The first-order valence-electron chi connectivity index (χ1n) is 6.46. The summed E-state index contributed by atoms with van der Waals surface area (Å²) in [6, 6.07) is 6.58. The molecule has 1 aromatic rings. The van der Waals surface area contributed by atoms with E-state index in [1.54, 1.807) is 7.11 Å². The second-order valence-corrected chi connectivity index (χ2v) is 5.52. The van der Waals surface area contributed by atoms with Crippen molar-refractivity contribution in [2.75, 3.05) is 7.11 Å². The summed E-state index contributed by atoms with van der Waals surface area (Å²) in [6.07, 6.45) is 2.41. The fraction of sp³-hybridized carbons (Fsp3) is 0.600. The number of benzene rings is 1. The lowest BCUT2D eigenvalue weighted by molar-refractivity contribution is 0.404. The summed E-state index contributed by atoms with van der Waals surface area (Å²) >= 11 is 0. The Balaban J connectivity index is 2.54. The Morgan fingerprint density at radius 3 is 2.29 bits per heavy atom. The molecule has 2 N–H and O–H groups in total. The first-order valence-corrected chi connectivity index (χ1v) is 6.46. The Kier molecular flexibility index (Phi) is 3.17. The zero-order valence-electron chi connectivity index (χ0n) is 11.3. The fourth-order valence-corrected chi connectivity index (χ4v) is 2.86. The van der Waals surface area contributed by atoms with Crippen molar-refractivity contribution in [2.24, 2.45) is 5.73 Å². The van der Waals surface area contributed by atoms with Crippen molar-refractivity contribution in [3.8, 4) is 5.75 Å². The number of methoxy groups -OCH3 is 1. The number of hydrogen-bond acceptors (Lipinski definition) is 2. The first kappa shape index (κ1) is 12.4. The van der Waals surface area contributed by atoms with Crippen LogP contribution < -0.4 is 10.5 Å². The molecule has 1 atom stereocenters. The highest BCUT2D eigenvalue weighted by atomic mass is 16.5. The maximum Gasteiger partial charge on any atom is 0.122 e. The van der Waals surface area contributed by atoms with Gasteiger partial charge in [0.2, 0.25) is 0 Å². The molecule has 1 saturated carbocycles. The molecule has 94 valence electrons. The van der Waals surface area contributed by atoms with Crippen LogP contribution in [-0.2, 0) is 5.41 Å². The van der Waals surface area contributed by atoms with Gasteiger partial charge in [0.1, 0.15) is 5.75 Å². The number of rotatable bonds is 4. The minimum atomic E-state index is 0.203. The van der Waals surface area contributed by atoms with Gasteiger partial charge in [0.05, 0.1) is 7.11 Å². The second kappa shape index (κ2) is 4.34.